The van der Waals surface area contributed by atoms with E-state index in [1.54, 1.807) is 24.3 Å². The van der Waals surface area contributed by atoms with Gasteiger partial charge in [-0.3, -0.25) is 0 Å². The third kappa shape index (κ3) is 2.73. The number of hydrogen-bond acceptors (Lipinski definition) is 3. The zero-order valence-electron chi connectivity index (χ0n) is 11.5. The van der Waals surface area contributed by atoms with Crippen molar-refractivity contribution in [3.05, 3.63) is 28.7 Å². The highest BCUT2D eigenvalue weighted by Gasteiger charge is 2.47. The van der Waals surface area contributed by atoms with Crippen molar-refractivity contribution in [1.82, 2.24) is 5.32 Å². The Morgan fingerprint density at radius 2 is 1.84 bits per heavy atom. The fraction of sp³-hybridized carbons (Fsp3) is 0.571. The van der Waals surface area contributed by atoms with Gasteiger partial charge in [-0.15, -0.1) is 0 Å². The first-order chi connectivity index (χ1) is 8.79. The molecule has 19 heavy (non-hydrogen) atoms. The minimum atomic E-state index is -3.27. The van der Waals surface area contributed by atoms with E-state index in [0.717, 1.165) is 17.3 Å². The Morgan fingerprint density at radius 1 is 1.26 bits per heavy atom. The van der Waals surface area contributed by atoms with Gasteiger partial charge in [0.1, 0.15) is 0 Å². The number of benzene rings is 1. The highest BCUT2D eigenvalue weighted by Crippen LogP contribution is 2.42. The fourth-order valence-electron chi connectivity index (χ4n) is 3.05. The van der Waals surface area contributed by atoms with Crippen molar-refractivity contribution in [2.24, 2.45) is 5.41 Å². The molecule has 0 bridgehead atoms. The van der Waals surface area contributed by atoms with Crippen LogP contribution in [0.5, 0.6) is 0 Å². The molecule has 1 aliphatic rings. The van der Waals surface area contributed by atoms with E-state index >= 15 is 0 Å². The fourth-order valence-corrected chi connectivity index (χ4v) is 5.47. The molecule has 1 aromatic carbocycles. The van der Waals surface area contributed by atoms with E-state index in [2.05, 4.69) is 35.1 Å². The standard InChI is InChI=1S/C14H20BrNO2S/c1-14(2)9-8-12(13(14)16-3)19(17,18)11-6-4-10(15)5-7-11/h4-7,12-13,16H,8-9H2,1-3H3. The molecular formula is C14H20BrNO2S. The van der Waals surface area contributed by atoms with Gasteiger partial charge >= 0.3 is 0 Å². The van der Waals surface area contributed by atoms with Crippen LogP contribution in [0.15, 0.2) is 33.6 Å². The summed E-state index contributed by atoms with van der Waals surface area (Å²) in [5, 5.41) is 2.86. The highest BCUT2D eigenvalue weighted by molar-refractivity contribution is 9.10. The molecule has 0 heterocycles. The van der Waals surface area contributed by atoms with E-state index in [0.29, 0.717) is 4.90 Å². The smallest absolute Gasteiger partial charge is 0.182 e. The number of nitrogens with one attached hydrogen (secondary N) is 1. The van der Waals surface area contributed by atoms with Gasteiger partial charge in [0.25, 0.3) is 0 Å². The molecule has 1 aliphatic carbocycles. The van der Waals surface area contributed by atoms with Crippen molar-refractivity contribution >= 4 is 25.8 Å². The van der Waals surface area contributed by atoms with E-state index in [1.165, 1.54) is 0 Å². The van der Waals surface area contributed by atoms with Gasteiger partial charge in [0.05, 0.1) is 10.1 Å². The van der Waals surface area contributed by atoms with Gasteiger partial charge in [-0.2, -0.15) is 0 Å². The molecule has 2 unspecified atom stereocenters. The summed E-state index contributed by atoms with van der Waals surface area (Å²) in [6.07, 6.45) is 1.65. The summed E-state index contributed by atoms with van der Waals surface area (Å²) in [7, 11) is -1.42. The number of hydrogen-bond donors (Lipinski definition) is 1. The lowest BCUT2D eigenvalue weighted by Gasteiger charge is -2.30. The van der Waals surface area contributed by atoms with Gasteiger partial charge < -0.3 is 5.32 Å². The molecule has 2 rings (SSSR count). The van der Waals surface area contributed by atoms with E-state index in [-0.39, 0.29) is 16.7 Å². The lowest BCUT2D eigenvalue weighted by Crippen LogP contribution is -2.45. The van der Waals surface area contributed by atoms with Crippen LogP contribution in [-0.4, -0.2) is 26.8 Å². The second kappa shape index (κ2) is 5.19. The van der Waals surface area contributed by atoms with Crippen molar-refractivity contribution in [2.75, 3.05) is 7.05 Å². The van der Waals surface area contributed by atoms with Crippen molar-refractivity contribution < 1.29 is 8.42 Å². The molecule has 3 nitrogen and oxygen atoms in total. The Bertz CT molecular complexity index is 551. The minimum absolute atomic E-state index is 0.00106. The monoisotopic (exact) mass is 345 g/mol. The molecule has 1 saturated carbocycles. The molecule has 0 radical (unpaired) electrons. The lowest BCUT2D eigenvalue weighted by atomic mass is 9.87. The van der Waals surface area contributed by atoms with Crippen LogP contribution >= 0.6 is 15.9 Å². The molecule has 0 spiro atoms. The van der Waals surface area contributed by atoms with Gasteiger partial charge in [-0.25, -0.2) is 8.42 Å². The maximum Gasteiger partial charge on any atom is 0.182 e. The molecule has 2 atom stereocenters. The molecule has 1 aromatic rings. The molecule has 0 aliphatic heterocycles. The van der Waals surface area contributed by atoms with E-state index in [4.69, 9.17) is 0 Å². The maximum atomic E-state index is 12.7. The van der Waals surface area contributed by atoms with Crippen LogP contribution in [0.3, 0.4) is 0 Å². The predicted octanol–water partition coefficient (Wildman–Crippen LogP) is 3.00. The number of sulfone groups is 1. The van der Waals surface area contributed by atoms with Gasteiger partial charge in [0, 0.05) is 10.5 Å². The van der Waals surface area contributed by atoms with Crippen molar-refractivity contribution in [1.29, 1.82) is 0 Å². The normalized spacial score (nSPS) is 26.5. The third-order valence-electron chi connectivity index (χ3n) is 4.14. The average molecular weight is 346 g/mol. The van der Waals surface area contributed by atoms with E-state index in [9.17, 15) is 8.42 Å². The molecule has 1 N–H and O–H groups in total. The van der Waals surface area contributed by atoms with Crippen LogP contribution in [0, 0.1) is 5.41 Å². The second-order valence-electron chi connectivity index (χ2n) is 5.83. The highest BCUT2D eigenvalue weighted by atomic mass is 79.9. The molecule has 0 aromatic heterocycles. The van der Waals surface area contributed by atoms with Gasteiger partial charge in [0.2, 0.25) is 0 Å². The summed E-state index contributed by atoms with van der Waals surface area (Å²) < 4.78 is 26.4. The average Bonchev–Trinajstić information content (AvgIpc) is 2.65. The molecule has 1 fully saturated rings. The first kappa shape index (κ1) is 15.0. The number of rotatable bonds is 3. The largest absolute Gasteiger partial charge is 0.315 e. The lowest BCUT2D eigenvalue weighted by molar-refractivity contribution is 0.297. The summed E-state index contributed by atoms with van der Waals surface area (Å²) in [5.74, 6) is 0. The Morgan fingerprint density at radius 3 is 2.37 bits per heavy atom. The Balaban J connectivity index is 2.38. The topological polar surface area (TPSA) is 46.2 Å². The summed E-state index contributed by atoms with van der Waals surface area (Å²) in [6, 6.07) is 6.92. The third-order valence-corrected chi connectivity index (χ3v) is 6.90. The van der Waals surface area contributed by atoms with Crippen LogP contribution in [0.25, 0.3) is 0 Å². The zero-order chi connectivity index (χ0) is 14.3. The Kier molecular flexibility index (Phi) is 4.10. The molecule has 5 heteroatoms. The zero-order valence-corrected chi connectivity index (χ0v) is 13.9. The summed E-state index contributed by atoms with van der Waals surface area (Å²) in [4.78, 5) is 0.415. The van der Waals surface area contributed by atoms with Crippen LogP contribution in [0.4, 0.5) is 0 Å². The molecule has 0 saturated heterocycles. The van der Waals surface area contributed by atoms with Crippen LogP contribution in [0.2, 0.25) is 0 Å². The first-order valence-corrected chi connectivity index (χ1v) is 8.80. The minimum Gasteiger partial charge on any atom is -0.315 e. The summed E-state index contributed by atoms with van der Waals surface area (Å²) in [5.41, 5.74) is 0.0157. The first-order valence-electron chi connectivity index (χ1n) is 6.46. The second-order valence-corrected chi connectivity index (χ2v) is 8.91. The molecule has 106 valence electrons. The Hall–Kier alpha value is -0.390. The van der Waals surface area contributed by atoms with Crippen molar-refractivity contribution in [3.8, 4) is 0 Å². The van der Waals surface area contributed by atoms with Crippen molar-refractivity contribution in [3.63, 3.8) is 0 Å². The molecule has 0 amide bonds. The Labute approximate surface area is 123 Å². The van der Waals surface area contributed by atoms with E-state index in [1.807, 2.05) is 7.05 Å². The van der Waals surface area contributed by atoms with Gasteiger partial charge in [-0.05, 0) is 49.6 Å². The predicted molar refractivity (Wildman–Crippen MR) is 81.0 cm³/mol. The quantitative estimate of drug-likeness (QED) is 0.915. The number of halogens is 1. The van der Waals surface area contributed by atoms with Gasteiger partial charge in [-0.1, -0.05) is 29.8 Å². The summed E-state index contributed by atoms with van der Waals surface area (Å²) in [6.45, 7) is 4.26. The maximum absolute atomic E-state index is 12.7. The van der Waals surface area contributed by atoms with Crippen LogP contribution in [0.1, 0.15) is 26.7 Å². The van der Waals surface area contributed by atoms with E-state index < -0.39 is 9.84 Å². The van der Waals surface area contributed by atoms with Crippen LogP contribution < -0.4 is 5.32 Å². The summed E-state index contributed by atoms with van der Waals surface area (Å²) >= 11 is 3.33. The van der Waals surface area contributed by atoms with Crippen molar-refractivity contribution in [2.45, 2.75) is 42.9 Å². The SMILES string of the molecule is CNC1C(S(=O)(=O)c2ccc(Br)cc2)CCC1(C)C. The molecular weight excluding hydrogens is 326 g/mol. The van der Waals surface area contributed by atoms with Gasteiger partial charge in [0.15, 0.2) is 9.84 Å². The van der Waals surface area contributed by atoms with Crippen LogP contribution in [-0.2, 0) is 9.84 Å².